The first-order chi connectivity index (χ1) is 8.74. The van der Waals surface area contributed by atoms with Crippen LogP contribution in [-0.2, 0) is 4.79 Å². The minimum atomic E-state index is 0.322. The van der Waals surface area contributed by atoms with Gasteiger partial charge in [-0.3, -0.25) is 9.69 Å². The Morgan fingerprint density at radius 2 is 1.89 bits per heavy atom. The molecule has 0 aromatic carbocycles. The van der Waals surface area contributed by atoms with Gasteiger partial charge in [-0.1, -0.05) is 0 Å². The van der Waals surface area contributed by atoms with Crippen molar-refractivity contribution in [3.05, 3.63) is 0 Å². The predicted octanol–water partition coefficient (Wildman–Crippen LogP) is 0.824. The molecule has 3 aliphatic rings. The molecule has 18 heavy (non-hydrogen) atoms. The highest BCUT2D eigenvalue weighted by atomic mass is 16.2. The lowest BCUT2D eigenvalue weighted by molar-refractivity contribution is -0.131. The zero-order valence-electron chi connectivity index (χ0n) is 11.4. The first-order valence-electron chi connectivity index (χ1n) is 7.47. The molecule has 0 aromatic rings. The monoisotopic (exact) mass is 251 g/mol. The van der Waals surface area contributed by atoms with Crippen molar-refractivity contribution in [3.8, 4) is 0 Å². The second-order valence-electron chi connectivity index (χ2n) is 6.19. The summed E-state index contributed by atoms with van der Waals surface area (Å²) in [5, 5.41) is 3.54. The summed E-state index contributed by atoms with van der Waals surface area (Å²) >= 11 is 0. The average Bonchev–Trinajstić information content (AvgIpc) is 3.27. The molecular weight excluding hydrogens is 226 g/mol. The standard InChI is InChI=1S/C14H25N3O/c1-16(12-4-5-12)14(18)10-17(13-6-7-13)9-11-3-2-8-15-11/h11-13,15H,2-10H2,1H3. The SMILES string of the molecule is CN(C(=O)CN(CC1CCCN1)C1CC1)C1CC1. The summed E-state index contributed by atoms with van der Waals surface area (Å²) in [5.41, 5.74) is 0. The van der Waals surface area contributed by atoms with Gasteiger partial charge in [-0.25, -0.2) is 0 Å². The molecule has 1 atom stereocenters. The maximum atomic E-state index is 12.2. The number of carbonyl (C=O) groups is 1. The molecule has 0 bridgehead atoms. The van der Waals surface area contributed by atoms with Crippen LogP contribution in [0.2, 0.25) is 0 Å². The lowest BCUT2D eigenvalue weighted by Gasteiger charge is -2.27. The third-order valence-corrected chi connectivity index (χ3v) is 4.51. The summed E-state index contributed by atoms with van der Waals surface area (Å²) in [7, 11) is 1.97. The quantitative estimate of drug-likeness (QED) is 0.759. The Hall–Kier alpha value is -0.610. The molecule has 4 heteroatoms. The zero-order valence-corrected chi connectivity index (χ0v) is 11.4. The predicted molar refractivity (Wildman–Crippen MR) is 71.4 cm³/mol. The van der Waals surface area contributed by atoms with Crippen LogP contribution >= 0.6 is 0 Å². The topological polar surface area (TPSA) is 35.6 Å². The molecule has 1 heterocycles. The van der Waals surface area contributed by atoms with Crippen LogP contribution in [-0.4, -0.2) is 60.5 Å². The van der Waals surface area contributed by atoms with E-state index in [0.29, 0.717) is 30.6 Å². The van der Waals surface area contributed by atoms with Gasteiger partial charge in [0.05, 0.1) is 6.54 Å². The molecule has 4 nitrogen and oxygen atoms in total. The van der Waals surface area contributed by atoms with Crippen molar-refractivity contribution in [2.24, 2.45) is 0 Å². The molecule has 2 aliphatic carbocycles. The third kappa shape index (κ3) is 3.04. The number of rotatable bonds is 6. The third-order valence-electron chi connectivity index (χ3n) is 4.51. The largest absolute Gasteiger partial charge is 0.342 e. The van der Waals surface area contributed by atoms with Gasteiger partial charge >= 0.3 is 0 Å². The van der Waals surface area contributed by atoms with Gasteiger partial charge in [0.2, 0.25) is 5.91 Å². The molecule has 2 saturated carbocycles. The van der Waals surface area contributed by atoms with Crippen molar-refractivity contribution < 1.29 is 4.79 Å². The summed E-state index contributed by atoms with van der Waals surface area (Å²) in [6, 6.07) is 1.84. The maximum absolute atomic E-state index is 12.2. The minimum Gasteiger partial charge on any atom is -0.342 e. The normalized spacial score (nSPS) is 27.8. The molecule has 102 valence electrons. The van der Waals surface area contributed by atoms with E-state index in [2.05, 4.69) is 10.2 Å². The van der Waals surface area contributed by atoms with Crippen molar-refractivity contribution >= 4 is 5.91 Å². The summed E-state index contributed by atoms with van der Waals surface area (Å²) in [6.07, 6.45) is 7.54. The van der Waals surface area contributed by atoms with Gasteiger partial charge in [-0.2, -0.15) is 0 Å². The molecule has 3 rings (SSSR count). The fraction of sp³-hybridized carbons (Fsp3) is 0.929. The summed E-state index contributed by atoms with van der Waals surface area (Å²) in [4.78, 5) is 16.6. The Bertz CT molecular complexity index is 306. The minimum absolute atomic E-state index is 0.322. The average molecular weight is 251 g/mol. The Labute approximate surface area is 110 Å². The van der Waals surface area contributed by atoms with Crippen molar-refractivity contribution in [2.75, 3.05) is 26.7 Å². The van der Waals surface area contributed by atoms with Gasteiger partial charge in [0, 0.05) is 31.7 Å². The zero-order chi connectivity index (χ0) is 12.5. The van der Waals surface area contributed by atoms with E-state index < -0.39 is 0 Å². The molecule has 0 spiro atoms. The van der Waals surface area contributed by atoms with Gasteiger partial charge in [0.1, 0.15) is 0 Å². The van der Waals surface area contributed by atoms with Gasteiger partial charge < -0.3 is 10.2 Å². The molecule has 0 aromatic heterocycles. The second kappa shape index (κ2) is 5.17. The van der Waals surface area contributed by atoms with E-state index in [-0.39, 0.29) is 0 Å². The number of hydrogen-bond acceptors (Lipinski definition) is 3. The number of hydrogen-bond donors (Lipinski definition) is 1. The highest BCUT2D eigenvalue weighted by Gasteiger charge is 2.35. The van der Waals surface area contributed by atoms with E-state index in [1.54, 1.807) is 0 Å². The number of amides is 1. The number of likely N-dealkylation sites (N-methyl/N-ethyl adjacent to an activating group) is 1. The van der Waals surface area contributed by atoms with E-state index >= 15 is 0 Å². The summed E-state index contributed by atoms with van der Waals surface area (Å²) < 4.78 is 0. The van der Waals surface area contributed by atoms with E-state index in [4.69, 9.17) is 0 Å². The molecule has 1 unspecified atom stereocenters. The molecule has 3 fully saturated rings. The molecule has 0 radical (unpaired) electrons. The smallest absolute Gasteiger partial charge is 0.236 e. The van der Waals surface area contributed by atoms with Gasteiger partial charge in [0.25, 0.3) is 0 Å². The van der Waals surface area contributed by atoms with E-state index in [9.17, 15) is 4.79 Å². The summed E-state index contributed by atoms with van der Waals surface area (Å²) in [6.45, 7) is 2.85. The fourth-order valence-corrected chi connectivity index (χ4v) is 2.93. The van der Waals surface area contributed by atoms with Crippen LogP contribution < -0.4 is 5.32 Å². The number of carbonyl (C=O) groups excluding carboxylic acids is 1. The fourth-order valence-electron chi connectivity index (χ4n) is 2.93. The molecule has 1 aliphatic heterocycles. The van der Waals surface area contributed by atoms with Crippen LogP contribution in [0.25, 0.3) is 0 Å². The molecule has 1 amide bonds. The highest BCUT2D eigenvalue weighted by Crippen LogP contribution is 2.29. The van der Waals surface area contributed by atoms with Gasteiger partial charge in [0.15, 0.2) is 0 Å². The first-order valence-corrected chi connectivity index (χ1v) is 7.47. The maximum Gasteiger partial charge on any atom is 0.236 e. The second-order valence-corrected chi connectivity index (χ2v) is 6.19. The van der Waals surface area contributed by atoms with Crippen LogP contribution in [0.3, 0.4) is 0 Å². The molecular formula is C14H25N3O. The van der Waals surface area contributed by atoms with Crippen LogP contribution in [0.4, 0.5) is 0 Å². The van der Waals surface area contributed by atoms with Crippen LogP contribution in [0.1, 0.15) is 38.5 Å². The van der Waals surface area contributed by atoms with Gasteiger partial charge in [-0.15, -0.1) is 0 Å². The van der Waals surface area contributed by atoms with Crippen molar-refractivity contribution in [3.63, 3.8) is 0 Å². The highest BCUT2D eigenvalue weighted by molar-refractivity contribution is 5.78. The van der Waals surface area contributed by atoms with E-state index in [1.165, 1.54) is 38.5 Å². The van der Waals surface area contributed by atoms with Crippen molar-refractivity contribution in [2.45, 2.75) is 56.7 Å². The molecule has 1 saturated heterocycles. The molecule has 1 N–H and O–H groups in total. The lowest BCUT2D eigenvalue weighted by atomic mass is 10.2. The number of nitrogens with one attached hydrogen (secondary N) is 1. The number of nitrogens with zero attached hydrogens (tertiary/aromatic N) is 2. The van der Waals surface area contributed by atoms with Crippen molar-refractivity contribution in [1.29, 1.82) is 0 Å². The van der Waals surface area contributed by atoms with E-state index in [0.717, 1.165) is 13.1 Å². The Morgan fingerprint density at radius 1 is 1.17 bits per heavy atom. The van der Waals surface area contributed by atoms with Crippen molar-refractivity contribution in [1.82, 2.24) is 15.1 Å². The van der Waals surface area contributed by atoms with E-state index in [1.807, 2.05) is 11.9 Å². The Balaban J connectivity index is 1.50. The Kier molecular flexibility index (Phi) is 3.57. The lowest BCUT2D eigenvalue weighted by Crippen LogP contribution is -2.45. The van der Waals surface area contributed by atoms with Crippen LogP contribution in [0, 0.1) is 0 Å². The first kappa shape index (κ1) is 12.4. The summed E-state index contributed by atoms with van der Waals surface area (Å²) in [5.74, 6) is 0.322. The Morgan fingerprint density at radius 3 is 2.44 bits per heavy atom. The van der Waals surface area contributed by atoms with Crippen LogP contribution in [0.5, 0.6) is 0 Å². The van der Waals surface area contributed by atoms with Crippen LogP contribution in [0.15, 0.2) is 0 Å². The van der Waals surface area contributed by atoms with Gasteiger partial charge in [-0.05, 0) is 45.1 Å².